The van der Waals surface area contributed by atoms with Crippen LogP contribution in [0.4, 0.5) is 4.79 Å². The maximum absolute atomic E-state index is 11.8. The quantitative estimate of drug-likeness (QED) is 0.792. The third-order valence-corrected chi connectivity index (χ3v) is 2.73. The molecule has 0 aromatic carbocycles. The van der Waals surface area contributed by atoms with Gasteiger partial charge >= 0.3 is 12.1 Å². The smallest absolute Gasteiger partial charge is 0.410 e. The first kappa shape index (κ1) is 15.3. The average molecular weight is 272 g/mol. The highest BCUT2D eigenvalue weighted by atomic mass is 16.6. The minimum atomic E-state index is -1.06. The lowest BCUT2D eigenvalue weighted by atomic mass is 10.2. The predicted octanol–water partition coefficient (Wildman–Crippen LogP) is 0.539. The summed E-state index contributed by atoms with van der Waals surface area (Å²) in [5.74, 6) is -1.44. The highest BCUT2D eigenvalue weighted by molar-refractivity contribution is 5.87. The number of rotatable bonds is 2. The van der Waals surface area contributed by atoms with Gasteiger partial charge in [0.15, 0.2) is 0 Å². The molecule has 1 aliphatic heterocycles. The molecule has 0 radical (unpaired) electrons. The van der Waals surface area contributed by atoms with Crippen LogP contribution >= 0.6 is 0 Å². The lowest BCUT2D eigenvalue weighted by Crippen LogP contribution is -2.57. The number of ether oxygens (including phenoxy) is 1. The molecule has 0 spiro atoms. The molecule has 1 saturated heterocycles. The average Bonchev–Trinajstić information content (AvgIpc) is 2.25. The van der Waals surface area contributed by atoms with Gasteiger partial charge in [-0.15, -0.1) is 0 Å². The fraction of sp³-hybridized carbons (Fsp3) is 0.750. The summed E-state index contributed by atoms with van der Waals surface area (Å²) in [6.45, 7) is 7.01. The molecule has 7 nitrogen and oxygen atoms in total. The molecular weight excluding hydrogens is 252 g/mol. The zero-order valence-corrected chi connectivity index (χ0v) is 11.7. The Bertz CT molecular complexity index is 388. The fourth-order valence-electron chi connectivity index (χ4n) is 1.71. The summed E-state index contributed by atoms with van der Waals surface area (Å²) in [6, 6.07) is -0.881. The van der Waals surface area contributed by atoms with E-state index in [0.717, 1.165) is 0 Å². The first-order valence-electron chi connectivity index (χ1n) is 6.12. The van der Waals surface area contributed by atoms with Gasteiger partial charge in [-0.05, 0) is 27.7 Å². The molecular formula is C12H20N2O5. The lowest BCUT2D eigenvalue weighted by Gasteiger charge is -2.36. The Morgan fingerprint density at radius 1 is 1.32 bits per heavy atom. The van der Waals surface area contributed by atoms with Gasteiger partial charge in [-0.1, -0.05) is 0 Å². The van der Waals surface area contributed by atoms with Crippen LogP contribution in [0.25, 0.3) is 0 Å². The molecule has 1 N–H and O–H groups in total. The van der Waals surface area contributed by atoms with E-state index in [-0.39, 0.29) is 25.5 Å². The summed E-state index contributed by atoms with van der Waals surface area (Å²) >= 11 is 0. The number of amides is 2. The van der Waals surface area contributed by atoms with E-state index in [9.17, 15) is 14.4 Å². The van der Waals surface area contributed by atoms with Crippen LogP contribution in [0, 0.1) is 0 Å². The first-order chi connectivity index (χ1) is 8.61. The van der Waals surface area contributed by atoms with Gasteiger partial charge in [0.1, 0.15) is 18.2 Å². The Morgan fingerprint density at radius 2 is 1.89 bits per heavy atom. The van der Waals surface area contributed by atoms with Crippen LogP contribution in [0.2, 0.25) is 0 Å². The summed E-state index contributed by atoms with van der Waals surface area (Å²) in [5.41, 5.74) is -0.619. The highest BCUT2D eigenvalue weighted by Gasteiger charge is 2.34. The summed E-state index contributed by atoms with van der Waals surface area (Å²) in [6.07, 6.45) is -0.552. The molecule has 0 saturated carbocycles. The van der Waals surface area contributed by atoms with Crippen molar-refractivity contribution < 1.29 is 24.2 Å². The molecule has 1 aliphatic rings. The molecule has 0 aliphatic carbocycles. The van der Waals surface area contributed by atoms with Crippen LogP contribution in [-0.2, 0) is 14.3 Å². The molecule has 1 atom stereocenters. The van der Waals surface area contributed by atoms with Crippen molar-refractivity contribution in [2.24, 2.45) is 0 Å². The van der Waals surface area contributed by atoms with Crippen LogP contribution < -0.4 is 0 Å². The monoisotopic (exact) mass is 272 g/mol. The Balaban J connectivity index is 2.61. The van der Waals surface area contributed by atoms with E-state index in [0.29, 0.717) is 0 Å². The van der Waals surface area contributed by atoms with Gasteiger partial charge in [-0.3, -0.25) is 9.69 Å². The Labute approximate surface area is 112 Å². The summed E-state index contributed by atoms with van der Waals surface area (Å²) in [5, 5.41) is 8.88. The SMILES string of the molecule is CC(C(=O)O)N1CCN(C(=O)OC(C)(C)C)CC1=O. The van der Waals surface area contributed by atoms with Crippen molar-refractivity contribution in [3.8, 4) is 0 Å². The Hall–Kier alpha value is -1.79. The van der Waals surface area contributed by atoms with Crippen LogP contribution in [0.5, 0.6) is 0 Å². The van der Waals surface area contributed by atoms with Crippen LogP contribution in [-0.4, -0.2) is 64.2 Å². The molecule has 1 rings (SSSR count). The van der Waals surface area contributed by atoms with Gasteiger partial charge < -0.3 is 14.7 Å². The van der Waals surface area contributed by atoms with E-state index in [2.05, 4.69) is 0 Å². The molecule has 2 amide bonds. The number of carbonyl (C=O) groups is 3. The van der Waals surface area contributed by atoms with Crippen molar-refractivity contribution >= 4 is 18.0 Å². The van der Waals surface area contributed by atoms with E-state index >= 15 is 0 Å². The van der Waals surface area contributed by atoms with Crippen molar-refractivity contribution in [3.05, 3.63) is 0 Å². The Kier molecular flexibility index (Phi) is 4.39. The van der Waals surface area contributed by atoms with E-state index in [1.165, 1.54) is 16.7 Å². The number of piperazine rings is 1. The fourth-order valence-corrected chi connectivity index (χ4v) is 1.71. The molecule has 19 heavy (non-hydrogen) atoms. The number of nitrogens with zero attached hydrogens (tertiary/aromatic N) is 2. The van der Waals surface area contributed by atoms with Crippen molar-refractivity contribution in [1.82, 2.24) is 9.80 Å². The molecule has 0 aromatic heterocycles. The zero-order valence-electron chi connectivity index (χ0n) is 11.7. The number of hydrogen-bond acceptors (Lipinski definition) is 4. The predicted molar refractivity (Wildman–Crippen MR) is 66.6 cm³/mol. The van der Waals surface area contributed by atoms with Gasteiger partial charge in [-0.25, -0.2) is 9.59 Å². The maximum Gasteiger partial charge on any atom is 0.410 e. The number of carboxylic acid groups (broad SMARTS) is 1. The second-order valence-corrected chi connectivity index (χ2v) is 5.50. The summed E-state index contributed by atoms with van der Waals surface area (Å²) < 4.78 is 5.17. The zero-order chi connectivity index (χ0) is 14.8. The number of aliphatic carboxylic acids is 1. The van der Waals surface area contributed by atoms with E-state index < -0.39 is 23.7 Å². The van der Waals surface area contributed by atoms with Crippen molar-refractivity contribution in [3.63, 3.8) is 0 Å². The molecule has 7 heteroatoms. The molecule has 108 valence electrons. The van der Waals surface area contributed by atoms with E-state index in [1.807, 2.05) is 0 Å². The normalized spacial score (nSPS) is 18.2. The number of carboxylic acids is 1. The minimum absolute atomic E-state index is 0.146. The van der Waals surface area contributed by atoms with Gasteiger partial charge in [0.2, 0.25) is 5.91 Å². The van der Waals surface area contributed by atoms with Crippen molar-refractivity contribution in [1.29, 1.82) is 0 Å². The lowest BCUT2D eigenvalue weighted by molar-refractivity contribution is -0.151. The van der Waals surface area contributed by atoms with Crippen molar-refractivity contribution in [2.75, 3.05) is 19.6 Å². The van der Waals surface area contributed by atoms with Crippen LogP contribution in [0.15, 0.2) is 0 Å². The standard InChI is InChI=1S/C12H20N2O5/c1-8(10(16)17)14-6-5-13(7-9(14)15)11(18)19-12(2,3)4/h8H,5-7H2,1-4H3,(H,16,17). The summed E-state index contributed by atoms with van der Waals surface area (Å²) in [7, 11) is 0. The molecule has 0 bridgehead atoms. The van der Waals surface area contributed by atoms with Crippen LogP contribution in [0.1, 0.15) is 27.7 Å². The van der Waals surface area contributed by atoms with E-state index in [1.54, 1.807) is 20.8 Å². The molecule has 1 heterocycles. The molecule has 1 unspecified atom stereocenters. The third kappa shape index (κ3) is 4.11. The number of hydrogen-bond donors (Lipinski definition) is 1. The maximum atomic E-state index is 11.8. The van der Waals surface area contributed by atoms with Gasteiger partial charge in [0.05, 0.1) is 0 Å². The topological polar surface area (TPSA) is 87.2 Å². The van der Waals surface area contributed by atoms with Gasteiger partial charge in [-0.2, -0.15) is 0 Å². The van der Waals surface area contributed by atoms with Gasteiger partial charge in [0.25, 0.3) is 0 Å². The molecule has 1 fully saturated rings. The van der Waals surface area contributed by atoms with Crippen molar-refractivity contribution in [2.45, 2.75) is 39.3 Å². The largest absolute Gasteiger partial charge is 0.480 e. The van der Waals surface area contributed by atoms with E-state index in [4.69, 9.17) is 9.84 Å². The second-order valence-electron chi connectivity index (χ2n) is 5.50. The minimum Gasteiger partial charge on any atom is -0.480 e. The van der Waals surface area contributed by atoms with Crippen LogP contribution in [0.3, 0.4) is 0 Å². The number of carbonyl (C=O) groups excluding carboxylic acids is 2. The highest BCUT2D eigenvalue weighted by Crippen LogP contribution is 2.13. The molecule has 0 aromatic rings. The first-order valence-corrected chi connectivity index (χ1v) is 6.12. The third-order valence-electron chi connectivity index (χ3n) is 2.73. The second kappa shape index (κ2) is 5.46. The Morgan fingerprint density at radius 3 is 2.32 bits per heavy atom. The van der Waals surface area contributed by atoms with Gasteiger partial charge in [0, 0.05) is 13.1 Å². The summed E-state index contributed by atoms with van der Waals surface area (Å²) in [4.78, 5) is 37.0.